The standard InChI is InChI=1S/C20H24N2O3S/c1-4-13-7-5-6-8-15(13)21-20(26)22-11-14-17(24-2)9-10-18(25-3)19(14)16(23)12-22/h5-10,16,23H,4,11-12H2,1-3H3,(H,21,26)/t16-/m1/s1. The lowest BCUT2D eigenvalue weighted by Gasteiger charge is -2.35. The Bertz CT molecular complexity index is 810. The number of nitrogens with zero attached hydrogens (tertiary/aromatic N) is 1. The minimum absolute atomic E-state index is 0.399. The maximum absolute atomic E-state index is 10.7. The van der Waals surface area contributed by atoms with Crippen LogP contribution in [0.4, 0.5) is 5.69 Å². The largest absolute Gasteiger partial charge is 0.496 e. The maximum atomic E-state index is 10.7. The maximum Gasteiger partial charge on any atom is 0.173 e. The molecule has 138 valence electrons. The number of aliphatic hydroxyl groups is 1. The predicted molar refractivity (Wildman–Crippen MR) is 107 cm³/mol. The Morgan fingerprint density at radius 2 is 1.88 bits per heavy atom. The average Bonchev–Trinajstić information content (AvgIpc) is 2.67. The van der Waals surface area contributed by atoms with Crippen LogP contribution in [-0.4, -0.2) is 35.9 Å². The van der Waals surface area contributed by atoms with Crippen LogP contribution in [0.2, 0.25) is 0 Å². The normalized spacial score (nSPS) is 16.0. The van der Waals surface area contributed by atoms with Gasteiger partial charge in [0.1, 0.15) is 17.6 Å². The van der Waals surface area contributed by atoms with E-state index in [1.807, 2.05) is 35.2 Å². The van der Waals surface area contributed by atoms with Gasteiger partial charge in [-0.1, -0.05) is 25.1 Å². The minimum atomic E-state index is -0.704. The summed E-state index contributed by atoms with van der Waals surface area (Å²) >= 11 is 5.62. The van der Waals surface area contributed by atoms with E-state index in [0.29, 0.717) is 24.0 Å². The number of anilines is 1. The summed E-state index contributed by atoms with van der Waals surface area (Å²) in [5, 5.41) is 14.6. The lowest BCUT2D eigenvalue weighted by Crippen LogP contribution is -2.41. The average molecular weight is 372 g/mol. The number of hydrogen-bond acceptors (Lipinski definition) is 4. The SMILES string of the molecule is CCc1ccccc1NC(=S)N1Cc2c(OC)ccc(OC)c2[C@H](O)C1. The third-order valence-electron chi connectivity index (χ3n) is 4.72. The van der Waals surface area contributed by atoms with Gasteiger partial charge in [0, 0.05) is 23.4 Å². The zero-order valence-electron chi connectivity index (χ0n) is 15.3. The van der Waals surface area contributed by atoms with Crippen LogP contribution in [-0.2, 0) is 13.0 Å². The van der Waals surface area contributed by atoms with E-state index in [4.69, 9.17) is 21.7 Å². The number of β-amino-alcohol motifs (C(OH)–C–C–N with tert-alkyl or cyclic N) is 1. The first-order valence-corrected chi connectivity index (χ1v) is 9.05. The van der Waals surface area contributed by atoms with Crippen molar-refractivity contribution in [2.45, 2.75) is 26.0 Å². The van der Waals surface area contributed by atoms with Gasteiger partial charge < -0.3 is 24.8 Å². The van der Waals surface area contributed by atoms with Crippen molar-refractivity contribution in [2.24, 2.45) is 0 Å². The van der Waals surface area contributed by atoms with Gasteiger partial charge in [-0.25, -0.2) is 0 Å². The molecule has 0 fully saturated rings. The lowest BCUT2D eigenvalue weighted by atomic mass is 9.95. The van der Waals surface area contributed by atoms with E-state index < -0.39 is 6.10 Å². The van der Waals surface area contributed by atoms with Gasteiger partial charge in [0.05, 0.1) is 20.8 Å². The van der Waals surface area contributed by atoms with Crippen LogP contribution in [0.5, 0.6) is 11.5 Å². The van der Waals surface area contributed by atoms with E-state index in [2.05, 4.69) is 18.3 Å². The summed E-state index contributed by atoms with van der Waals surface area (Å²) in [6.45, 7) is 3.06. The molecular formula is C20H24N2O3S. The van der Waals surface area contributed by atoms with E-state index in [9.17, 15) is 5.11 Å². The van der Waals surface area contributed by atoms with Crippen molar-refractivity contribution in [3.05, 3.63) is 53.1 Å². The number of nitrogens with one attached hydrogen (secondary N) is 1. The smallest absolute Gasteiger partial charge is 0.173 e. The van der Waals surface area contributed by atoms with Gasteiger partial charge in [-0.3, -0.25) is 0 Å². The van der Waals surface area contributed by atoms with Crippen molar-refractivity contribution in [1.82, 2.24) is 4.90 Å². The van der Waals surface area contributed by atoms with Crippen LogP contribution < -0.4 is 14.8 Å². The second-order valence-electron chi connectivity index (χ2n) is 6.20. The summed E-state index contributed by atoms with van der Waals surface area (Å²) in [5.41, 5.74) is 3.88. The van der Waals surface area contributed by atoms with Gasteiger partial charge >= 0.3 is 0 Å². The van der Waals surface area contributed by atoms with Gasteiger partial charge in [0.25, 0.3) is 0 Å². The molecule has 0 amide bonds. The summed E-state index contributed by atoms with van der Waals surface area (Å²) < 4.78 is 10.9. The van der Waals surface area contributed by atoms with Crippen LogP contribution in [0.15, 0.2) is 36.4 Å². The predicted octanol–water partition coefficient (Wildman–Crippen LogP) is 3.51. The Kier molecular flexibility index (Phi) is 5.64. The van der Waals surface area contributed by atoms with Crippen molar-refractivity contribution >= 4 is 23.0 Å². The number of para-hydroxylation sites is 1. The Labute approximate surface area is 159 Å². The van der Waals surface area contributed by atoms with Crippen LogP contribution in [0.25, 0.3) is 0 Å². The molecule has 6 heteroatoms. The second kappa shape index (κ2) is 7.93. The molecule has 1 heterocycles. The van der Waals surface area contributed by atoms with Crippen molar-refractivity contribution < 1.29 is 14.6 Å². The van der Waals surface area contributed by atoms with Gasteiger partial charge in [-0.15, -0.1) is 0 Å². The topological polar surface area (TPSA) is 54.0 Å². The van der Waals surface area contributed by atoms with Crippen molar-refractivity contribution in [3.8, 4) is 11.5 Å². The van der Waals surface area contributed by atoms with Crippen molar-refractivity contribution in [2.75, 3.05) is 26.1 Å². The molecule has 0 radical (unpaired) electrons. The minimum Gasteiger partial charge on any atom is -0.496 e. The molecule has 0 bridgehead atoms. The first-order valence-electron chi connectivity index (χ1n) is 8.64. The van der Waals surface area contributed by atoms with E-state index in [1.54, 1.807) is 14.2 Å². The summed E-state index contributed by atoms with van der Waals surface area (Å²) in [6, 6.07) is 11.8. The number of thiocarbonyl (C=S) groups is 1. The molecule has 0 aliphatic carbocycles. The first-order chi connectivity index (χ1) is 12.6. The lowest BCUT2D eigenvalue weighted by molar-refractivity contribution is 0.123. The molecule has 2 N–H and O–H groups in total. The fourth-order valence-corrected chi connectivity index (χ4v) is 3.62. The molecule has 1 aliphatic rings. The summed E-state index contributed by atoms with van der Waals surface area (Å²) in [6.07, 6.45) is 0.215. The third kappa shape index (κ3) is 3.48. The van der Waals surface area contributed by atoms with Crippen LogP contribution in [0.3, 0.4) is 0 Å². The quantitative estimate of drug-likeness (QED) is 0.801. The Balaban J connectivity index is 1.87. The number of benzene rings is 2. The van der Waals surface area contributed by atoms with Gasteiger partial charge in [0.15, 0.2) is 5.11 Å². The monoisotopic (exact) mass is 372 g/mol. The summed E-state index contributed by atoms with van der Waals surface area (Å²) in [7, 11) is 3.23. The number of rotatable bonds is 4. The molecule has 0 unspecified atom stereocenters. The third-order valence-corrected chi connectivity index (χ3v) is 5.08. The number of ether oxygens (including phenoxy) is 2. The summed E-state index contributed by atoms with van der Waals surface area (Å²) in [4.78, 5) is 1.96. The van der Waals surface area contributed by atoms with E-state index in [-0.39, 0.29) is 0 Å². The van der Waals surface area contributed by atoms with Gasteiger partial charge in [-0.05, 0) is 42.4 Å². The Morgan fingerprint density at radius 1 is 1.19 bits per heavy atom. The molecular weight excluding hydrogens is 348 g/mol. The highest BCUT2D eigenvalue weighted by Gasteiger charge is 2.30. The Hall–Kier alpha value is -2.31. The number of hydrogen-bond donors (Lipinski definition) is 2. The van der Waals surface area contributed by atoms with E-state index >= 15 is 0 Å². The summed E-state index contributed by atoms with van der Waals surface area (Å²) in [5.74, 6) is 1.39. The highest BCUT2D eigenvalue weighted by Crippen LogP contribution is 2.39. The van der Waals surface area contributed by atoms with E-state index in [0.717, 1.165) is 29.0 Å². The highest BCUT2D eigenvalue weighted by molar-refractivity contribution is 7.80. The molecule has 0 spiro atoms. The molecule has 26 heavy (non-hydrogen) atoms. The first kappa shape index (κ1) is 18.5. The second-order valence-corrected chi connectivity index (χ2v) is 6.59. The zero-order chi connectivity index (χ0) is 18.7. The van der Waals surface area contributed by atoms with Crippen LogP contribution in [0.1, 0.15) is 29.7 Å². The van der Waals surface area contributed by atoms with Crippen LogP contribution in [0, 0.1) is 0 Å². The van der Waals surface area contributed by atoms with Crippen LogP contribution >= 0.6 is 12.2 Å². The fraction of sp³-hybridized carbons (Fsp3) is 0.350. The molecule has 2 aromatic carbocycles. The molecule has 0 saturated heterocycles. The van der Waals surface area contributed by atoms with Crippen molar-refractivity contribution in [3.63, 3.8) is 0 Å². The molecule has 1 atom stereocenters. The molecule has 5 nitrogen and oxygen atoms in total. The fourth-order valence-electron chi connectivity index (χ4n) is 3.38. The zero-order valence-corrected chi connectivity index (χ0v) is 16.1. The van der Waals surface area contributed by atoms with Gasteiger partial charge in [0.2, 0.25) is 0 Å². The van der Waals surface area contributed by atoms with Crippen molar-refractivity contribution in [1.29, 1.82) is 0 Å². The number of methoxy groups -OCH3 is 2. The number of aryl methyl sites for hydroxylation is 1. The molecule has 0 saturated carbocycles. The Morgan fingerprint density at radius 3 is 2.58 bits per heavy atom. The molecule has 1 aliphatic heterocycles. The molecule has 3 rings (SSSR count). The molecule has 0 aromatic heterocycles. The number of aliphatic hydroxyl groups excluding tert-OH is 1. The molecule has 2 aromatic rings. The number of fused-ring (bicyclic) bond motifs is 1. The van der Waals surface area contributed by atoms with E-state index in [1.165, 1.54) is 5.56 Å². The van der Waals surface area contributed by atoms with Gasteiger partial charge in [-0.2, -0.15) is 0 Å². The highest BCUT2D eigenvalue weighted by atomic mass is 32.1.